The number of hydrogen-bond donors (Lipinski definition) is 1. The van der Waals surface area contributed by atoms with Gasteiger partial charge in [-0.2, -0.15) is 0 Å². The molecule has 0 bridgehead atoms. The predicted molar refractivity (Wildman–Crippen MR) is 118 cm³/mol. The monoisotopic (exact) mass is 437 g/mol. The third kappa shape index (κ3) is 3.18. The van der Waals surface area contributed by atoms with Crippen molar-refractivity contribution in [3.8, 4) is 11.1 Å². The number of nitrogens with zero attached hydrogens (tertiary/aromatic N) is 1. The minimum atomic E-state index is -1.00. The van der Waals surface area contributed by atoms with Crippen molar-refractivity contribution in [1.82, 2.24) is 4.90 Å². The van der Waals surface area contributed by atoms with E-state index in [1.807, 2.05) is 41.8 Å². The minimum Gasteiger partial charge on any atom is -0.480 e. The molecular formula is C23H19NO4S2. The molecular weight excluding hydrogens is 418 g/mol. The average Bonchev–Trinajstić information content (AvgIpc) is 3.49. The normalized spacial score (nSPS) is 20.1. The van der Waals surface area contributed by atoms with Gasteiger partial charge in [-0.3, -0.25) is 4.90 Å². The second-order valence-corrected chi connectivity index (χ2v) is 9.36. The maximum atomic E-state index is 13.1. The first kappa shape index (κ1) is 19.2. The van der Waals surface area contributed by atoms with Crippen molar-refractivity contribution in [3.05, 3.63) is 82.0 Å². The lowest BCUT2D eigenvalue weighted by molar-refractivity contribution is -0.141. The smallest absolute Gasteiger partial charge is 0.411 e. The van der Waals surface area contributed by atoms with Crippen LogP contribution in [0.5, 0.6) is 0 Å². The highest BCUT2D eigenvalue weighted by molar-refractivity contribution is 7.99. The number of amides is 1. The van der Waals surface area contributed by atoms with Gasteiger partial charge in [0, 0.05) is 16.5 Å². The Morgan fingerprint density at radius 3 is 2.27 bits per heavy atom. The molecule has 1 amide bonds. The first-order valence-electron chi connectivity index (χ1n) is 9.66. The second kappa shape index (κ2) is 7.81. The van der Waals surface area contributed by atoms with Gasteiger partial charge in [0.25, 0.3) is 0 Å². The summed E-state index contributed by atoms with van der Waals surface area (Å²) in [5.74, 6) is -0.711. The molecule has 1 fully saturated rings. The minimum absolute atomic E-state index is 0.0555. The summed E-state index contributed by atoms with van der Waals surface area (Å²) in [4.78, 5) is 27.2. The Kier molecular flexibility index (Phi) is 5.00. The molecule has 2 atom stereocenters. The van der Waals surface area contributed by atoms with Gasteiger partial charge >= 0.3 is 12.1 Å². The van der Waals surface area contributed by atoms with Crippen molar-refractivity contribution in [1.29, 1.82) is 0 Å². The Balaban J connectivity index is 1.39. The van der Waals surface area contributed by atoms with E-state index in [1.165, 1.54) is 28.0 Å². The fourth-order valence-electron chi connectivity index (χ4n) is 4.24. The van der Waals surface area contributed by atoms with Crippen molar-refractivity contribution in [2.75, 3.05) is 12.4 Å². The van der Waals surface area contributed by atoms with E-state index in [9.17, 15) is 14.7 Å². The summed E-state index contributed by atoms with van der Waals surface area (Å²) in [5, 5.41) is 11.2. The zero-order valence-electron chi connectivity index (χ0n) is 15.9. The first-order chi connectivity index (χ1) is 14.6. The van der Waals surface area contributed by atoms with E-state index in [0.29, 0.717) is 5.75 Å². The van der Waals surface area contributed by atoms with Crippen LogP contribution >= 0.6 is 23.1 Å². The molecule has 2 aromatic carbocycles. The van der Waals surface area contributed by atoms with Crippen LogP contribution in [0.2, 0.25) is 0 Å². The van der Waals surface area contributed by atoms with Gasteiger partial charge in [-0.05, 0) is 33.7 Å². The highest BCUT2D eigenvalue weighted by Gasteiger charge is 2.44. The van der Waals surface area contributed by atoms with Crippen molar-refractivity contribution in [3.63, 3.8) is 0 Å². The number of fused-ring (bicyclic) bond motifs is 3. The molecule has 0 radical (unpaired) electrons. The molecule has 1 aromatic heterocycles. The van der Waals surface area contributed by atoms with Crippen molar-refractivity contribution in [2.24, 2.45) is 0 Å². The molecule has 7 heteroatoms. The maximum Gasteiger partial charge on any atom is 0.411 e. The van der Waals surface area contributed by atoms with Gasteiger partial charge in [-0.15, -0.1) is 23.1 Å². The Morgan fingerprint density at radius 2 is 1.67 bits per heavy atom. The zero-order chi connectivity index (χ0) is 20.7. The van der Waals surface area contributed by atoms with Crippen LogP contribution in [-0.4, -0.2) is 40.5 Å². The third-order valence-electron chi connectivity index (χ3n) is 5.62. The van der Waals surface area contributed by atoms with Crippen molar-refractivity contribution >= 4 is 35.2 Å². The SMILES string of the molecule is O=C(O)C1CSC(c2cccs2)N1C(=O)OCC1c2ccccc2-c2ccccc21. The van der Waals surface area contributed by atoms with Crippen LogP contribution in [-0.2, 0) is 9.53 Å². The lowest BCUT2D eigenvalue weighted by Crippen LogP contribution is -2.43. The summed E-state index contributed by atoms with van der Waals surface area (Å²) < 4.78 is 5.75. The van der Waals surface area contributed by atoms with Crippen LogP contribution < -0.4 is 0 Å². The van der Waals surface area contributed by atoms with Crippen LogP contribution in [0.15, 0.2) is 66.0 Å². The van der Waals surface area contributed by atoms with Gasteiger partial charge in [0.2, 0.25) is 0 Å². The molecule has 1 saturated heterocycles. The molecule has 30 heavy (non-hydrogen) atoms. The van der Waals surface area contributed by atoms with Crippen LogP contribution in [0.25, 0.3) is 11.1 Å². The van der Waals surface area contributed by atoms with Gasteiger partial charge in [0.15, 0.2) is 0 Å². The number of carboxylic acids is 1. The largest absolute Gasteiger partial charge is 0.480 e. The third-order valence-corrected chi connectivity index (χ3v) is 8.00. The van der Waals surface area contributed by atoms with Gasteiger partial charge in [0.1, 0.15) is 18.0 Å². The Labute approximate surface area is 182 Å². The summed E-state index contributed by atoms with van der Waals surface area (Å²) in [5.41, 5.74) is 4.58. The number of rotatable bonds is 4. The fourth-order valence-corrected chi connectivity index (χ4v) is 6.62. The standard InChI is InChI=1S/C23H19NO4S2/c25-22(26)19-13-30-21(20-10-5-11-29-20)24(19)23(27)28-12-18-16-8-3-1-6-14(16)15-7-2-4-9-17(15)18/h1-11,18-19,21H,12-13H2,(H,25,26). The number of carbonyl (C=O) groups excluding carboxylic acids is 1. The van der Waals surface area contributed by atoms with Crippen LogP contribution in [0, 0.1) is 0 Å². The van der Waals surface area contributed by atoms with Gasteiger partial charge in [-0.25, -0.2) is 9.59 Å². The van der Waals surface area contributed by atoms with Gasteiger partial charge in [0.05, 0.1) is 0 Å². The van der Waals surface area contributed by atoms with Crippen LogP contribution in [0.4, 0.5) is 4.79 Å². The topological polar surface area (TPSA) is 66.8 Å². The molecule has 152 valence electrons. The number of benzene rings is 2. The van der Waals surface area contributed by atoms with E-state index in [0.717, 1.165) is 27.1 Å². The molecule has 1 aliphatic heterocycles. The molecule has 2 unspecified atom stereocenters. The van der Waals surface area contributed by atoms with Crippen molar-refractivity contribution in [2.45, 2.75) is 17.3 Å². The van der Waals surface area contributed by atoms with Crippen LogP contribution in [0.1, 0.15) is 27.3 Å². The Bertz CT molecular complexity index is 1050. The van der Waals surface area contributed by atoms with Gasteiger partial charge < -0.3 is 9.84 Å². The van der Waals surface area contributed by atoms with E-state index in [1.54, 1.807) is 0 Å². The molecule has 0 spiro atoms. The van der Waals surface area contributed by atoms with E-state index in [4.69, 9.17) is 4.74 Å². The quantitative estimate of drug-likeness (QED) is 0.608. The molecule has 2 heterocycles. The zero-order valence-corrected chi connectivity index (χ0v) is 17.6. The molecule has 1 N–H and O–H groups in total. The molecule has 5 rings (SSSR count). The molecule has 0 saturated carbocycles. The summed E-state index contributed by atoms with van der Waals surface area (Å²) >= 11 is 2.98. The molecule has 2 aliphatic rings. The Hall–Kier alpha value is -2.77. The number of carboxylic acid groups (broad SMARTS) is 1. The summed E-state index contributed by atoms with van der Waals surface area (Å²) in [6.07, 6.45) is -0.576. The number of aliphatic carboxylic acids is 1. The van der Waals surface area contributed by atoms with E-state index in [2.05, 4.69) is 24.3 Å². The molecule has 1 aliphatic carbocycles. The molecule has 5 nitrogen and oxygen atoms in total. The Morgan fingerprint density at radius 1 is 1.00 bits per heavy atom. The highest BCUT2D eigenvalue weighted by Crippen LogP contribution is 2.46. The highest BCUT2D eigenvalue weighted by atomic mass is 32.2. The van der Waals surface area contributed by atoms with E-state index >= 15 is 0 Å². The number of ether oxygens (including phenoxy) is 1. The second-order valence-electron chi connectivity index (χ2n) is 7.27. The van der Waals surface area contributed by atoms with Gasteiger partial charge in [-0.1, -0.05) is 54.6 Å². The van der Waals surface area contributed by atoms with E-state index < -0.39 is 18.1 Å². The number of thiophene rings is 1. The van der Waals surface area contributed by atoms with Crippen molar-refractivity contribution < 1.29 is 19.4 Å². The number of hydrogen-bond acceptors (Lipinski definition) is 5. The van der Waals surface area contributed by atoms with Crippen LogP contribution in [0.3, 0.4) is 0 Å². The summed E-state index contributed by atoms with van der Waals surface area (Å²) in [6, 6.07) is 19.2. The summed E-state index contributed by atoms with van der Waals surface area (Å²) in [6.45, 7) is 0.178. The predicted octanol–water partition coefficient (Wildman–Crippen LogP) is 5.20. The lowest BCUT2D eigenvalue weighted by atomic mass is 9.98. The lowest BCUT2D eigenvalue weighted by Gasteiger charge is -2.26. The number of thioether (sulfide) groups is 1. The van der Waals surface area contributed by atoms with E-state index in [-0.39, 0.29) is 17.9 Å². The molecule has 3 aromatic rings. The average molecular weight is 438 g/mol. The number of carbonyl (C=O) groups is 2. The summed E-state index contributed by atoms with van der Waals surface area (Å²) in [7, 11) is 0. The fraction of sp³-hybridized carbons (Fsp3) is 0.217. The maximum absolute atomic E-state index is 13.1. The first-order valence-corrected chi connectivity index (χ1v) is 11.6.